The molecule has 1 unspecified atom stereocenters. The normalized spacial score (nSPS) is 16.0. The minimum atomic E-state index is -0.443. The van der Waals surface area contributed by atoms with E-state index in [0.29, 0.717) is 48.9 Å². The van der Waals surface area contributed by atoms with Gasteiger partial charge in [0, 0.05) is 24.2 Å². The topological polar surface area (TPSA) is 101 Å². The highest BCUT2D eigenvalue weighted by atomic mass is 16.6. The first-order valence-electron chi connectivity index (χ1n) is 12.0. The number of anilines is 2. The Balaban J connectivity index is 1.37. The van der Waals surface area contributed by atoms with Gasteiger partial charge in [0.15, 0.2) is 11.5 Å². The summed E-state index contributed by atoms with van der Waals surface area (Å²) in [5.74, 6) is 1.07. The van der Waals surface area contributed by atoms with Crippen LogP contribution in [0.2, 0.25) is 0 Å². The zero-order valence-corrected chi connectivity index (χ0v) is 19.7. The summed E-state index contributed by atoms with van der Waals surface area (Å²) in [6.07, 6.45) is 0.552. The molecular weight excluding hydrogens is 452 g/mol. The quantitative estimate of drug-likeness (QED) is 0.290. The molecule has 1 atom stereocenters. The lowest BCUT2D eigenvalue weighted by Crippen LogP contribution is -2.41. The van der Waals surface area contributed by atoms with Crippen molar-refractivity contribution in [1.29, 1.82) is 5.41 Å². The number of ether oxygens (including phenoxy) is 2. The first-order valence-corrected chi connectivity index (χ1v) is 12.0. The van der Waals surface area contributed by atoms with E-state index in [1.54, 1.807) is 0 Å². The Labute approximate surface area is 208 Å². The molecule has 2 aliphatic heterocycles. The summed E-state index contributed by atoms with van der Waals surface area (Å²) in [5, 5.41) is 13.3. The van der Waals surface area contributed by atoms with E-state index in [-0.39, 0.29) is 11.7 Å². The summed E-state index contributed by atoms with van der Waals surface area (Å²) in [4.78, 5) is 15.9. The van der Waals surface area contributed by atoms with Crippen LogP contribution in [0.4, 0.5) is 11.4 Å². The van der Waals surface area contributed by atoms with E-state index in [2.05, 4.69) is 34.5 Å². The molecule has 1 amide bonds. The molecule has 0 bridgehead atoms. The number of fused-ring (bicyclic) bond motifs is 3. The molecule has 0 aliphatic carbocycles. The van der Waals surface area contributed by atoms with Gasteiger partial charge in [0.2, 0.25) is 5.91 Å². The number of carbonyl (C=O) groups is 1. The van der Waals surface area contributed by atoms with Gasteiger partial charge < -0.3 is 25.4 Å². The lowest BCUT2D eigenvalue weighted by Gasteiger charge is -2.28. The van der Waals surface area contributed by atoms with E-state index >= 15 is 0 Å². The van der Waals surface area contributed by atoms with Gasteiger partial charge in [-0.1, -0.05) is 60.7 Å². The van der Waals surface area contributed by atoms with Crippen LogP contribution in [0.5, 0.6) is 11.5 Å². The number of benzene rings is 4. The molecule has 0 fully saturated rings. The Morgan fingerprint density at radius 2 is 1.81 bits per heavy atom. The molecule has 4 aromatic rings. The largest absolute Gasteiger partial charge is 0.486 e. The van der Waals surface area contributed by atoms with E-state index in [1.807, 2.05) is 54.6 Å². The van der Waals surface area contributed by atoms with Crippen LogP contribution >= 0.6 is 0 Å². The molecule has 2 heterocycles. The van der Waals surface area contributed by atoms with Gasteiger partial charge in [-0.25, -0.2) is 0 Å². The fraction of sp³-hybridized carbons (Fsp3) is 0.172. The number of carbonyl (C=O) groups excluding carboxylic acids is 1. The number of nitrogen functional groups attached to an aromatic ring is 1. The van der Waals surface area contributed by atoms with Crippen LogP contribution in [0.1, 0.15) is 16.7 Å². The molecule has 4 N–H and O–H groups in total. The number of amidine groups is 1. The lowest BCUT2D eigenvalue weighted by atomic mass is 10.0. The van der Waals surface area contributed by atoms with E-state index < -0.39 is 6.04 Å². The van der Waals surface area contributed by atoms with Gasteiger partial charge in [-0.15, -0.1) is 0 Å². The molecule has 6 rings (SSSR count). The number of nitrogens with zero attached hydrogens (tertiary/aromatic N) is 1. The van der Waals surface area contributed by atoms with Crippen molar-refractivity contribution in [3.8, 4) is 11.5 Å². The second kappa shape index (κ2) is 8.92. The summed E-state index contributed by atoms with van der Waals surface area (Å²) in [6, 6.07) is 25.3. The molecule has 2 aliphatic rings. The molecule has 0 saturated heterocycles. The van der Waals surface area contributed by atoms with Gasteiger partial charge in [0.05, 0.1) is 5.69 Å². The Morgan fingerprint density at radius 1 is 1.00 bits per heavy atom. The number of para-hydroxylation sites is 1. The fourth-order valence-corrected chi connectivity index (χ4v) is 5.09. The average Bonchev–Trinajstić information content (AvgIpc) is 3.27. The number of hydrogen-bond acceptors (Lipinski definition) is 5. The van der Waals surface area contributed by atoms with Crippen LogP contribution in [0.15, 0.2) is 78.9 Å². The molecular formula is C29H26N4O3. The van der Waals surface area contributed by atoms with Crippen LogP contribution in [0.25, 0.3) is 10.8 Å². The molecule has 7 nitrogen and oxygen atoms in total. The monoisotopic (exact) mass is 478 g/mol. The van der Waals surface area contributed by atoms with Crippen LogP contribution in [0.3, 0.4) is 0 Å². The van der Waals surface area contributed by atoms with Gasteiger partial charge in [0.1, 0.15) is 25.1 Å². The Morgan fingerprint density at radius 3 is 2.69 bits per heavy atom. The summed E-state index contributed by atoms with van der Waals surface area (Å²) in [7, 11) is 0. The maximum atomic E-state index is 13.7. The third kappa shape index (κ3) is 3.88. The molecule has 4 aromatic carbocycles. The van der Waals surface area contributed by atoms with Gasteiger partial charge in [-0.2, -0.15) is 0 Å². The van der Waals surface area contributed by atoms with Crippen molar-refractivity contribution in [2.45, 2.75) is 19.0 Å². The Bertz CT molecular complexity index is 1490. The highest BCUT2D eigenvalue weighted by Gasteiger charge is 2.35. The van der Waals surface area contributed by atoms with E-state index in [0.717, 1.165) is 27.6 Å². The standard InChI is InChI=1S/C29H26N4O3/c30-28(31)20-12-11-19-15-25(29(34)32-23-9-4-10-26-27(23)36-14-13-35-26)33(24(19)16-20)17-21-7-3-6-18-5-1-2-8-22(18)21/h1-12,16,25H,13-15,17H2,(H3,30,31)(H,32,34). The molecule has 180 valence electrons. The highest BCUT2D eigenvalue weighted by molar-refractivity contribution is 6.01. The van der Waals surface area contributed by atoms with Gasteiger partial charge in [0.25, 0.3) is 0 Å². The predicted molar refractivity (Wildman–Crippen MR) is 141 cm³/mol. The lowest BCUT2D eigenvalue weighted by molar-refractivity contribution is -0.117. The van der Waals surface area contributed by atoms with Crippen LogP contribution in [-0.2, 0) is 17.8 Å². The number of rotatable bonds is 5. The smallest absolute Gasteiger partial charge is 0.247 e. The van der Waals surface area contributed by atoms with Crippen molar-refractivity contribution >= 4 is 33.9 Å². The second-order valence-corrected chi connectivity index (χ2v) is 9.06. The molecule has 0 saturated carbocycles. The third-order valence-electron chi connectivity index (χ3n) is 6.84. The zero-order chi connectivity index (χ0) is 24.6. The third-order valence-corrected chi connectivity index (χ3v) is 6.84. The van der Waals surface area contributed by atoms with Crippen molar-refractivity contribution in [2.75, 3.05) is 23.4 Å². The average molecular weight is 479 g/mol. The number of hydrogen-bond donors (Lipinski definition) is 3. The molecule has 0 radical (unpaired) electrons. The maximum Gasteiger partial charge on any atom is 0.247 e. The van der Waals surface area contributed by atoms with Crippen molar-refractivity contribution < 1.29 is 14.3 Å². The first kappa shape index (κ1) is 22.0. The van der Waals surface area contributed by atoms with Crippen LogP contribution < -0.4 is 25.4 Å². The van der Waals surface area contributed by atoms with Crippen molar-refractivity contribution in [3.63, 3.8) is 0 Å². The molecule has 0 spiro atoms. The molecule has 36 heavy (non-hydrogen) atoms. The van der Waals surface area contributed by atoms with Crippen LogP contribution in [-0.4, -0.2) is 31.0 Å². The Hall–Kier alpha value is -4.52. The summed E-state index contributed by atoms with van der Waals surface area (Å²) < 4.78 is 11.5. The minimum Gasteiger partial charge on any atom is -0.486 e. The van der Waals surface area contributed by atoms with Gasteiger partial charge in [-0.3, -0.25) is 10.2 Å². The summed E-state index contributed by atoms with van der Waals surface area (Å²) in [6.45, 7) is 1.47. The van der Waals surface area contributed by atoms with E-state index in [1.165, 1.54) is 0 Å². The zero-order valence-electron chi connectivity index (χ0n) is 19.7. The molecule has 7 heteroatoms. The number of amides is 1. The Kier molecular flexibility index (Phi) is 5.45. The maximum absolute atomic E-state index is 13.7. The number of nitrogens with one attached hydrogen (secondary N) is 2. The fourth-order valence-electron chi connectivity index (χ4n) is 5.09. The van der Waals surface area contributed by atoms with E-state index in [9.17, 15) is 4.79 Å². The van der Waals surface area contributed by atoms with Crippen molar-refractivity contribution in [3.05, 3.63) is 95.6 Å². The summed E-state index contributed by atoms with van der Waals surface area (Å²) >= 11 is 0. The van der Waals surface area contributed by atoms with Gasteiger partial charge in [-0.05, 0) is 40.1 Å². The van der Waals surface area contributed by atoms with E-state index in [4.69, 9.17) is 20.6 Å². The van der Waals surface area contributed by atoms with Crippen LogP contribution in [0, 0.1) is 5.41 Å². The predicted octanol–water partition coefficient (Wildman–Crippen LogP) is 4.47. The number of nitrogens with two attached hydrogens (primary N) is 1. The van der Waals surface area contributed by atoms with Crippen molar-refractivity contribution in [1.82, 2.24) is 0 Å². The second-order valence-electron chi connectivity index (χ2n) is 9.06. The van der Waals surface area contributed by atoms with Gasteiger partial charge >= 0.3 is 0 Å². The SMILES string of the molecule is N=C(N)c1ccc2c(c1)N(Cc1cccc3ccccc13)C(C(=O)Nc1cccc3c1OCCO3)C2. The minimum absolute atomic E-state index is 0.00359. The highest BCUT2D eigenvalue weighted by Crippen LogP contribution is 2.39. The summed E-state index contributed by atoms with van der Waals surface area (Å²) in [5.41, 5.74) is 10.1. The van der Waals surface area contributed by atoms with Crippen molar-refractivity contribution in [2.24, 2.45) is 5.73 Å². The first-order chi connectivity index (χ1) is 17.6. The molecule has 0 aromatic heterocycles.